The Bertz CT molecular complexity index is 2520. The van der Waals surface area contributed by atoms with E-state index in [-0.39, 0.29) is 34.1 Å². The molecule has 3 aromatic carbocycles. The van der Waals surface area contributed by atoms with Gasteiger partial charge in [0.05, 0.1) is 31.5 Å². The summed E-state index contributed by atoms with van der Waals surface area (Å²) in [6.07, 6.45) is -32.1. The van der Waals surface area contributed by atoms with Crippen LogP contribution in [0.1, 0.15) is 29.7 Å². The van der Waals surface area contributed by atoms with Crippen LogP contribution in [0.15, 0.2) is 60.4 Å². The van der Waals surface area contributed by atoms with Crippen molar-refractivity contribution in [1.82, 2.24) is 0 Å². The summed E-state index contributed by atoms with van der Waals surface area (Å²) >= 11 is 0. The number of carbonyl (C=O) groups is 1. The lowest BCUT2D eigenvalue weighted by atomic mass is 9.96. The van der Waals surface area contributed by atoms with E-state index >= 15 is 0 Å². The van der Waals surface area contributed by atoms with E-state index in [1.165, 1.54) is 43.3 Å². The minimum Gasteiger partial charge on any atom is -0.508 e. The molecule has 8 rings (SSSR count). The number of hydrogen-bond acceptors (Lipinski definition) is 28. The topological polar surface area (TPSA) is 453 Å². The standard InChI is InChI=1S/C48H58O28/c1-16-42(75-30(55)7-4-17-2-5-20(6-3-17)68-46-38(63)34(59)32(57)27(13-49)72-46)36(61)40(65)45(67-16)76-44-29(15-51)74-48(41(66)37(44)62)71-26-12-21-24(69-43(26)18-8-22(53)31(56)23(54)9-18)10-19(52)11-25(21)70-47-39(64)35(60)33(58)28(14-50)73-47/h2-12,16,27-29,32-54,56-66H,13-15H2,1H3/b7-4-/t16-,27+,28+,29+,32+,33+,34-,35-,36-,37+,38+,39+,40+,41+,42+,43?,44+,45-,46+,47+,48+/m0/s1. The summed E-state index contributed by atoms with van der Waals surface area (Å²) in [7, 11) is 0. The minimum absolute atomic E-state index is 0.0920. The fourth-order valence-electron chi connectivity index (χ4n) is 8.90. The number of aromatic hydroxyl groups is 4. The van der Waals surface area contributed by atoms with E-state index in [0.717, 1.165) is 30.3 Å². The van der Waals surface area contributed by atoms with Crippen molar-refractivity contribution in [3.63, 3.8) is 0 Å². The van der Waals surface area contributed by atoms with Gasteiger partial charge >= 0.3 is 5.97 Å². The van der Waals surface area contributed by atoms with Gasteiger partial charge in [-0.25, -0.2) is 4.79 Å². The first-order valence-corrected chi connectivity index (χ1v) is 23.5. The second-order valence-corrected chi connectivity index (χ2v) is 18.4. The van der Waals surface area contributed by atoms with Crippen LogP contribution in [-0.2, 0) is 38.0 Å². The third-order valence-corrected chi connectivity index (χ3v) is 13.2. The lowest BCUT2D eigenvalue weighted by molar-refractivity contribution is -0.354. The lowest BCUT2D eigenvalue weighted by Gasteiger charge is -2.46. The largest absolute Gasteiger partial charge is 0.508 e. The highest BCUT2D eigenvalue weighted by atomic mass is 16.8. The normalized spacial score (nSPS) is 37.6. The molecule has 418 valence electrons. The number of phenolic OH excluding ortho intramolecular Hbond substituents is 4. The van der Waals surface area contributed by atoms with Crippen LogP contribution in [0.2, 0.25) is 0 Å². The molecule has 3 aromatic rings. The summed E-state index contributed by atoms with van der Waals surface area (Å²) in [5.41, 5.74) is 0.218. The SMILES string of the molecule is C[C@@H]1O[C@@H](O[C@H]2[C@H](O)[C@@H](O)[C@H](OC3=Cc4c(cc(O)cc4O[C@@H]4O[C@H](CO)[C@@H](O)[C@H](O)[C@H]4O)OC3c3cc(O)c(O)c(O)c3)O[C@@H]2CO)[C@H](O)[C@H](O)[C@@H]1OC(=O)/C=C\c1ccc(O[C@@H]2O[C@H](CO)[C@@H](O)[C@H](O)[C@H]2O)cc1. The van der Waals surface area contributed by atoms with E-state index in [0.29, 0.717) is 5.56 Å². The van der Waals surface area contributed by atoms with Gasteiger partial charge in [0.2, 0.25) is 18.9 Å². The summed E-state index contributed by atoms with van der Waals surface area (Å²) in [4.78, 5) is 12.9. The molecule has 1 unspecified atom stereocenters. The number of ether oxygens (including phenoxy) is 10. The molecule has 0 saturated carbocycles. The van der Waals surface area contributed by atoms with Gasteiger partial charge in [-0.3, -0.25) is 0 Å². The van der Waals surface area contributed by atoms with Crippen LogP contribution in [0, 0.1) is 0 Å². The summed E-state index contributed by atoms with van der Waals surface area (Å²) in [6, 6.07) is 9.92. The van der Waals surface area contributed by atoms with Crippen LogP contribution < -0.4 is 14.2 Å². The summed E-state index contributed by atoms with van der Waals surface area (Å²) in [6.45, 7) is -1.05. The predicted molar refractivity (Wildman–Crippen MR) is 245 cm³/mol. The van der Waals surface area contributed by atoms with Crippen molar-refractivity contribution in [1.29, 1.82) is 0 Å². The van der Waals surface area contributed by atoms with E-state index in [2.05, 4.69) is 0 Å². The molecule has 4 fully saturated rings. The van der Waals surface area contributed by atoms with Crippen LogP contribution in [0.3, 0.4) is 0 Å². The predicted octanol–water partition coefficient (Wildman–Crippen LogP) is -4.73. The highest BCUT2D eigenvalue weighted by molar-refractivity contribution is 5.87. The average molecular weight is 1080 g/mol. The zero-order chi connectivity index (χ0) is 55.0. The Kier molecular flexibility index (Phi) is 17.5. The van der Waals surface area contributed by atoms with Gasteiger partial charge in [-0.05, 0) is 48.9 Å². The molecule has 28 nitrogen and oxygen atoms in total. The summed E-state index contributed by atoms with van der Waals surface area (Å²) in [5, 5.41) is 178. The summed E-state index contributed by atoms with van der Waals surface area (Å²) in [5.74, 6) is -4.78. The van der Waals surface area contributed by atoms with Gasteiger partial charge < -0.3 is 134 Å². The van der Waals surface area contributed by atoms with Gasteiger partial charge in [0, 0.05) is 23.8 Å². The number of aliphatic hydroxyl groups is 13. The Morgan fingerprint density at radius 3 is 1.70 bits per heavy atom. The number of hydrogen-bond donors (Lipinski definition) is 17. The van der Waals surface area contributed by atoms with E-state index in [4.69, 9.17) is 47.4 Å². The van der Waals surface area contributed by atoms with E-state index in [1.54, 1.807) is 0 Å². The number of rotatable bonds is 15. The molecular weight excluding hydrogens is 1020 g/mol. The number of aliphatic hydroxyl groups excluding tert-OH is 13. The highest BCUT2D eigenvalue weighted by Crippen LogP contribution is 2.48. The van der Waals surface area contributed by atoms with E-state index in [9.17, 15) is 91.6 Å². The quantitative estimate of drug-likeness (QED) is 0.0386. The van der Waals surface area contributed by atoms with Crippen LogP contribution in [-0.4, -0.2) is 235 Å². The minimum atomic E-state index is -2.10. The summed E-state index contributed by atoms with van der Waals surface area (Å²) < 4.78 is 57.2. The third-order valence-electron chi connectivity index (χ3n) is 13.2. The molecule has 0 spiro atoms. The van der Waals surface area contributed by atoms with Gasteiger partial charge in [-0.1, -0.05) is 12.1 Å². The fourth-order valence-corrected chi connectivity index (χ4v) is 8.90. The Labute approximate surface area is 429 Å². The maximum absolute atomic E-state index is 12.9. The fraction of sp³-hybridized carbons (Fsp3) is 0.521. The number of fused-ring (bicyclic) bond motifs is 1. The van der Waals surface area contributed by atoms with Crippen molar-refractivity contribution in [2.75, 3.05) is 19.8 Å². The molecule has 5 aliphatic heterocycles. The van der Waals surface area contributed by atoms with Crippen molar-refractivity contribution in [2.45, 2.75) is 136 Å². The van der Waals surface area contributed by atoms with Crippen molar-refractivity contribution in [2.24, 2.45) is 0 Å². The maximum Gasteiger partial charge on any atom is 0.331 e. The molecule has 5 heterocycles. The first-order valence-electron chi connectivity index (χ1n) is 23.5. The Hall–Kier alpha value is -5.71. The van der Waals surface area contributed by atoms with Crippen LogP contribution in [0.5, 0.6) is 40.2 Å². The molecule has 76 heavy (non-hydrogen) atoms. The van der Waals surface area contributed by atoms with E-state index < -0.39 is 178 Å². The average Bonchev–Trinajstić information content (AvgIpc) is 3.41. The second-order valence-electron chi connectivity index (χ2n) is 18.4. The Balaban J connectivity index is 0.936. The molecular formula is C48H58O28. The van der Waals surface area contributed by atoms with Crippen LogP contribution >= 0.6 is 0 Å². The molecule has 28 heteroatoms. The third kappa shape index (κ3) is 11.6. The van der Waals surface area contributed by atoms with Crippen LogP contribution in [0.25, 0.3) is 12.2 Å². The smallest absolute Gasteiger partial charge is 0.331 e. The maximum atomic E-state index is 12.9. The van der Waals surface area contributed by atoms with Gasteiger partial charge in [0.1, 0.15) is 114 Å². The van der Waals surface area contributed by atoms with Gasteiger partial charge in [0.25, 0.3) is 0 Å². The number of phenols is 4. The molecule has 0 aromatic heterocycles. The second kappa shape index (κ2) is 23.5. The number of carbonyl (C=O) groups excluding carboxylic acids is 1. The molecule has 4 saturated heterocycles. The Morgan fingerprint density at radius 2 is 1.11 bits per heavy atom. The lowest BCUT2D eigenvalue weighted by Crippen LogP contribution is -2.64. The monoisotopic (exact) mass is 1080 g/mol. The van der Waals surface area contributed by atoms with Gasteiger partial charge in [-0.2, -0.15) is 0 Å². The molecule has 17 N–H and O–H groups in total. The molecule has 5 aliphatic rings. The Morgan fingerprint density at radius 1 is 0.579 bits per heavy atom. The number of esters is 1. The zero-order valence-electron chi connectivity index (χ0n) is 39.7. The van der Waals surface area contributed by atoms with Crippen molar-refractivity contribution in [3.05, 3.63) is 77.1 Å². The highest BCUT2D eigenvalue weighted by Gasteiger charge is 2.53. The molecule has 0 aliphatic carbocycles. The van der Waals surface area contributed by atoms with Crippen LogP contribution in [0.4, 0.5) is 0 Å². The first kappa shape index (κ1) is 56.5. The van der Waals surface area contributed by atoms with E-state index in [1.807, 2.05) is 0 Å². The zero-order valence-corrected chi connectivity index (χ0v) is 39.7. The van der Waals surface area contributed by atoms with Crippen molar-refractivity contribution < 1.29 is 139 Å². The molecule has 0 amide bonds. The van der Waals surface area contributed by atoms with Gasteiger partial charge in [-0.15, -0.1) is 0 Å². The van der Waals surface area contributed by atoms with Crippen molar-refractivity contribution >= 4 is 18.1 Å². The molecule has 0 radical (unpaired) electrons. The molecule has 21 atom stereocenters. The van der Waals surface area contributed by atoms with Gasteiger partial charge in [0.15, 0.2) is 35.7 Å². The molecule has 0 bridgehead atoms. The first-order chi connectivity index (χ1) is 36.1. The van der Waals surface area contributed by atoms with Crippen molar-refractivity contribution in [3.8, 4) is 40.2 Å². The number of benzene rings is 3.